The van der Waals surface area contributed by atoms with Crippen LogP contribution in [0.4, 0.5) is 5.69 Å². The molecule has 2 unspecified atom stereocenters. The lowest BCUT2D eigenvalue weighted by molar-refractivity contribution is -0.142. The number of carbonyl (C=O) groups excluding carboxylic acids is 1. The van der Waals surface area contributed by atoms with Crippen molar-refractivity contribution in [1.29, 1.82) is 0 Å². The van der Waals surface area contributed by atoms with E-state index in [9.17, 15) is 9.59 Å². The third-order valence-corrected chi connectivity index (χ3v) is 2.84. The molecule has 0 radical (unpaired) electrons. The number of aliphatic carboxylic acids is 1. The number of benzene rings is 1. The fourth-order valence-corrected chi connectivity index (χ4v) is 1.53. The predicted octanol–water partition coefficient (Wildman–Crippen LogP) is 1.04. The molecule has 18 heavy (non-hydrogen) atoms. The summed E-state index contributed by atoms with van der Waals surface area (Å²) in [5.74, 6) is -1.75. The Balaban J connectivity index is 2.54. The molecule has 1 amide bonds. The minimum Gasteiger partial charge on any atom is -0.481 e. The number of nitrogen functional groups attached to an aromatic ring is 1. The van der Waals surface area contributed by atoms with E-state index in [0.29, 0.717) is 5.69 Å². The largest absolute Gasteiger partial charge is 0.481 e. The van der Waals surface area contributed by atoms with Crippen LogP contribution in [0.25, 0.3) is 0 Å². The third kappa shape index (κ3) is 4.08. The van der Waals surface area contributed by atoms with E-state index in [2.05, 4.69) is 5.32 Å². The van der Waals surface area contributed by atoms with Gasteiger partial charge in [0.25, 0.3) is 0 Å². The molecule has 0 aliphatic carbocycles. The number of carboxylic acid groups (broad SMARTS) is 1. The highest BCUT2D eigenvalue weighted by Crippen LogP contribution is 2.08. The smallest absolute Gasteiger partial charge is 0.308 e. The molecule has 0 aliphatic rings. The van der Waals surface area contributed by atoms with E-state index in [-0.39, 0.29) is 12.3 Å². The number of nitrogens with two attached hydrogens (primary N) is 1. The molecular weight excluding hydrogens is 232 g/mol. The Labute approximate surface area is 106 Å². The quantitative estimate of drug-likeness (QED) is 0.681. The highest BCUT2D eigenvalue weighted by Gasteiger charge is 2.20. The van der Waals surface area contributed by atoms with Gasteiger partial charge in [0, 0.05) is 11.7 Å². The highest BCUT2D eigenvalue weighted by atomic mass is 16.4. The van der Waals surface area contributed by atoms with Crippen molar-refractivity contribution in [3.05, 3.63) is 29.8 Å². The minimum atomic E-state index is -0.924. The van der Waals surface area contributed by atoms with Crippen LogP contribution >= 0.6 is 0 Å². The molecule has 1 rings (SSSR count). The van der Waals surface area contributed by atoms with Crippen LogP contribution in [-0.4, -0.2) is 23.0 Å². The normalized spacial score (nSPS) is 13.7. The second-order valence-electron chi connectivity index (χ2n) is 4.40. The van der Waals surface area contributed by atoms with Crippen molar-refractivity contribution in [3.8, 4) is 0 Å². The minimum absolute atomic E-state index is 0.196. The van der Waals surface area contributed by atoms with Gasteiger partial charge in [0.05, 0.1) is 12.3 Å². The lowest BCUT2D eigenvalue weighted by Gasteiger charge is -2.17. The van der Waals surface area contributed by atoms with Gasteiger partial charge in [-0.25, -0.2) is 0 Å². The molecule has 0 aliphatic heterocycles. The van der Waals surface area contributed by atoms with Gasteiger partial charge >= 0.3 is 5.97 Å². The standard InChI is InChI=1S/C13H18N2O3/c1-8(13(17)18)9(2)15-12(16)7-10-4-3-5-11(14)6-10/h3-6,8-9H,7,14H2,1-2H3,(H,15,16)(H,17,18). The van der Waals surface area contributed by atoms with E-state index in [0.717, 1.165) is 5.56 Å². The van der Waals surface area contributed by atoms with E-state index in [1.165, 1.54) is 0 Å². The van der Waals surface area contributed by atoms with Gasteiger partial charge in [0.2, 0.25) is 5.91 Å². The summed E-state index contributed by atoms with van der Waals surface area (Å²) in [5.41, 5.74) is 7.03. The predicted molar refractivity (Wildman–Crippen MR) is 69.0 cm³/mol. The summed E-state index contributed by atoms with van der Waals surface area (Å²) in [6.45, 7) is 3.24. The van der Waals surface area contributed by atoms with E-state index in [1.54, 1.807) is 38.1 Å². The topological polar surface area (TPSA) is 92.4 Å². The monoisotopic (exact) mass is 250 g/mol. The Hall–Kier alpha value is -2.04. The SMILES string of the molecule is CC(NC(=O)Cc1cccc(N)c1)C(C)C(=O)O. The molecule has 5 nitrogen and oxygen atoms in total. The van der Waals surface area contributed by atoms with E-state index in [4.69, 9.17) is 10.8 Å². The molecule has 98 valence electrons. The van der Waals surface area contributed by atoms with Gasteiger partial charge in [-0.2, -0.15) is 0 Å². The van der Waals surface area contributed by atoms with E-state index < -0.39 is 17.9 Å². The number of rotatable bonds is 5. The van der Waals surface area contributed by atoms with Crippen LogP contribution in [0.2, 0.25) is 0 Å². The van der Waals surface area contributed by atoms with Crippen LogP contribution in [0.5, 0.6) is 0 Å². The molecule has 1 aromatic carbocycles. The maximum absolute atomic E-state index is 11.7. The van der Waals surface area contributed by atoms with Crippen molar-refractivity contribution in [2.45, 2.75) is 26.3 Å². The molecule has 0 heterocycles. The van der Waals surface area contributed by atoms with Crippen LogP contribution < -0.4 is 11.1 Å². The van der Waals surface area contributed by atoms with Crippen molar-refractivity contribution < 1.29 is 14.7 Å². The lowest BCUT2D eigenvalue weighted by atomic mass is 10.0. The van der Waals surface area contributed by atoms with Crippen LogP contribution in [0, 0.1) is 5.92 Å². The van der Waals surface area contributed by atoms with Crippen molar-refractivity contribution in [3.63, 3.8) is 0 Å². The summed E-state index contributed by atoms with van der Waals surface area (Å²) < 4.78 is 0. The third-order valence-electron chi connectivity index (χ3n) is 2.84. The fraction of sp³-hybridized carbons (Fsp3) is 0.385. The zero-order valence-electron chi connectivity index (χ0n) is 10.5. The molecular formula is C13H18N2O3. The Bertz CT molecular complexity index is 446. The summed E-state index contributed by atoms with van der Waals surface area (Å²) in [4.78, 5) is 22.5. The summed E-state index contributed by atoms with van der Waals surface area (Å²) >= 11 is 0. The van der Waals surface area contributed by atoms with Gasteiger partial charge in [-0.1, -0.05) is 12.1 Å². The van der Waals surface area contributed by atoms with Gasteiger partial charge in [-0.15, -0.1) is 0 Å². The van der Waals surface area contributed by atoms with E-state index in [1.807, 2.05) is 0 Å². The first-order valence-electron chi connectivity index (χ1n) is 5.76. The second-order valence-corrected chi connectivity index (χ2v) is 4.40. The van der Waals surface area contributed by atoms with Crippen LogP contribution in [-0.2, 0) is 16.0 Å². The molecule has 0 spiro atoms. The number of amides is 1. The maximum atomic E-state index is 11.7. The number of nitrogens with one attached hydrogen (secondary N) is 1. The zero-order valence-corrected chi connectivity index (χ0v) is 10.5. The van der Waals surface area contributed by atoms with Crippen molar-refractivity contribution in [2.75, 3.05) is 5.73 Å². The second kappa shape index (κ2) is 6.05. The maximum Gasteiger partial charge on any atom is 0.308 e. The van der Waals surface area contributed by atoms with E-state index >= 15 is 0 Å². The zero-order chi connectivity index (χ0) is 13.7. The molecule has 0 saturated heterocycles. The first-order valence-corrected chi connectivity index (χ1v) is 5.76. The molecule has 4 N–H and O–H groups in total. The fourth-order valence-electron chi connectivity index (χ4n) is 1.53. The van der Waals surface area contributed by atoms with Gasteiger partial charge in [-0.3, -0.25) is 9.59 Å². The van der Waals surface area contributed by atoms with Crippen molar-refractivity contribution >= 4 is 17.6 Å². The molecule has 1 aromatic rings. The molecule has 0 saturated carbocycles. The van der Waals surface area contributed by atoms with Gasteiger partial charge < -0.3 is 16.2 Å². The summed E-state index contributed by atoms with van der Waals surface area (Å²) in [5, 5.41) is 11.5. The average Bonchev–Trinajstić information content (AvgIpc) is 2.27. The first kappa shape index (κ1) is 14.0. The highest BCUT2D eigenvalue weighted by molar-refractivity contribution is 5.80. The van der Waals surface area contributed by atoms with Crippen molar-refractivity contribution in [2.24, 2.45) is 5.92 Å². The number of carbonyl (C=O) groups is 2. The Morgan fingerprint density at radius 2 is 2.06 bits per heavy atom. The van der Waals surface area contributed by atoms with Gasteiger partial charge in [0.1, 0.15) is 0 Å². The average molecular weight is 250 g/mol. The van der Waals surface area contributed by atoms with Gasteiger partial charge in [-0.05, 0) is 31.5 Å². The van der Waals surface area contributed by atoms with Gasteiger partial charge in [0.15, 0.2) is 0 Å². The number of hydrogen-bond acceptors (Lipinski definition) is 3. The number of hydrogen-bond donors (Lipinski definition) is 3. The Kier molecular flexibility index (Phi) is 4.71. The summed E-state index contributed by atoms with van der Waals surface area (Å²) in [6, 6.07) is 6.65. The number of anilines is 1. The summed E-state index contributed by atoms with van der Waals surface area (Å²) in [6.07, 6.45) is 0.196. The first-order chi connectivity index (χ1) is 8.40. The molecule has 2 atom stereocenters. The van der Waals surface area contributed by atoms with Crippen LogP contribution in [0.15, 0.2) is 24.3 Å². The molecule has 0 fully saturated rings. The van der Waals surface area contributed by atoms with Crippen LogP contribution in [0.1, 0.15) is 19.4 Å². The Morgan fingerprint density at radius 3 is 2.61 bits per heavy atom. The lowest BCUT2D eigenvalue weighted by Crippen LogP contribution is -2.40. The molecule has 5 heteroatoms. The molecule has 0 aromatic heterocycles. The Morgan fingerprint density at radius 1 is 1.39 bits per heavy atom. The molecule has 0 bridgehead atoms. The summed E-state index contributed by atoms with van der Waals surface area (Å²) in [7, 11) is 0. The van der Waals surface area contributed by atoms with Crippen molar-refractivity contribution in [1.82, 2.24) is 5.32 Å². The number of carboxylic acids is 1. The van der Waals surface area contributed by atoms with Crippen LogP contribution in [0.3, 0.4) is 0 Å².